The highest BCUT2D eigenvalue weighted by Gasteiger charge is 2.19. The Morgan fingerprint density at radius 2 is 1.90 bits per heavy atom. The minimum atomic E-state index is 0.377. The molecule has 4 N–H and O–H groups in total. The van der Waals surface area contributed by atoms with Crippen molar-refractivity contribution >= 4 is 27.6 Å². The molecule has 0 saturated heterocycles. The quantitative estimate of drug-likeness (QED) is 0.594. The molecule has 1 aromatic carbocycles. The van der Waals surface area contributed by atoms with E-state index in [4.69, 9.17) is 5.84 Å². The summed E-state index contributed by atoms with van der Waals surface area (Å²) in [7, 11) is 0. The number of halogens is 1. The van der Waals surface area contributed by atoms with Gasteiger partial charge in [0.1, 0.15) is 16.6 Å². The summed E-state index contributed by atoms with van der Waals surface area (Å²) < 4.78 is 0.765. The largest absolute Gasteiger partial charge is 0.366 e. The molecule has 0 spiro atoms. The van der Waals surface area contributed by atoms with Gasteiger partial charge in [0, 0.05) is 6.04 Å². The van der Waals surface area contributed by atoms with Gasteiger partial charge in [-0.1, -0.05) is 24.3 Å². The average molecular weight is 334 g/mol. The number of hydrogen-bond donors (Lipinski definition) is 3. The predicted octanol–water partition coefficient (Wildman–Crippen LogP) is 2.49. The Balaban J connectivity index is 1.77. The normalized spacial score (nSPS) is 17.4. The topological polar surface area (TPSA) is 75.9 Å². The van der Waals surface area contributed by atoms with Gasteiger partial charge >= 0.3 is 0 Å². The van der Waals surface area contributed by atoms with E-state index < -0.39 is 0 Å². The number of nitrogens with zero attached hydrogens (tertiary/aromatic N) is 2. The van der Waals surface area contributed by atoms with Gasteiger partial charge in [-0.05, 0) is 46.3 Å². The number of hydrogen-bond acceptors (Lipinski definition) is 5. The molecular formula is C14H16BrN5. The zero-order valence-corrected chi connectivity index (χ0v) is 12.5. The molecule has 0 aliphatic heterocycles. The first kappa shape index (κ1) is 13.3. The Hall–Kier alpha value is -1.66. The Morgan fingerprint density at radius 3 is 2.70 bits per heavy atom. The van der Waals surface area contributed by atoms with E-state index in [0.717, 1.165) is 29.6 Å². The van der Waals surface area contributed by atoms with Crippen LogP contribution in [0.4, 0.5) is 11.6 Å². The molecule has 6 heteroatoms. The zero-order chi connectivity index (χ0) is 13.9. The fraction of sp³-hybridized carbons (Fsp3) is 0.286. The molecule has 0 fully saturated rings. The molecule has 3 rings (SSSR count). The van der Waals surface area contributed by atoms with E-state index in [1.165, 1.54) is 17.5 Å². The minimum Gasteiger partial charge on any atom is -0.366 e. The van der Waals surface area contributed by atoms with Gasteiger partial charge in [0.2, 0.25) is 0 Å². The third-order valence-corrected chi connectivity index (χ3v) is 4.37. The lowest BCUT2D eigenvalue weighted by Gasteiger charge is -2.26. The van der Waals surface area contributed by atoms with E-state index in [1.54, 1.807) is 0 Å². The average Bonchev–Trinajstić information content (AvgIpc) is 2.49. The van der Waals surface area contributed by atoms with E-state index in [9.17, 15) is 0 Å². The predicted molar refractivity (Wildman–Crippen MR) is 83.4 cm³/mol. The summed E-state index contributed by atoms with van der Waals surface area (Å²) in [6.45, 7) is 0. The van der Waals surface area contributed by atoms with Crippen molar-refractivity contribution in [3.05, 3.63) is 46.2 Å². The van der Waals surface area contributed by atoms with E-state index >= 15 is 0 Å². The molecule has 0 bridgehead atoms. The van der Waals surface area contributed by atoms with Gasteiger partial charge in [-0.3, -0.25) is 0 Å². The third kappa shape index (κ3) is 2.62. The molecule has 0 radical (unpaired) electrons. The number of hydrazine groups is 1. The summed E-state index contributed by atoms with van der Waals surface area (Å²) in [4.78, 5) is 8.32. The molecule has 5 nitrogen and oxygen atoms in total. The molecule has 1 heterocycles. The molecule has 1 aliphatic carbocycles. The second kappa shape index (κ2) is 5.76. The number of nitrogens with two attached hydrogens (primary N) is 1. The molecule has 1 unspecified atom stereocenters. The summed E-state index contributed by atoms with van der Waals surface area (Å²) in [5, 5.41) is 3.47. The molecule has 0 amide bonds. The van der Waals surface area contributed by atoms with Crippen molar-refractivity contribution < 1.29 is 0 Å². The smallest absolute Gasteiger partial charge is 0.159 e. The molecule has 1 atom stereocenters. The number of nitrogen functional groups attached to an aromatic ring is 1. The van der Waals surface area contributed by atoms with E-state index in [2.05, 4.69) is 60.9 Å². The second-order valence-corrected chi connectivity index (χ2v) is 5.67. The molecule has 104 valence electrons. The number of nitrogens with one attached hydrogen (secondary N) is 2. The minimum absolute atomic E-state index is 0.377. The highest BCUT2D eigenvalue weighted by Crippen LogP contribution is 2.29. The van der Waals surface area contributed by atoms with Crippen molar-refractivity contribution in [1.82, 2.24) is 9.97 Å². The first-order chi connectivity index (χ1) is 9.78. The number of anilines is 2. The van der Waals surface area contributed by atoms with Crippen LogP contribution in [0.25, 0.3) is 0 Å². The van der Waals surface area contributed by atoms with Gasteiger partial charge < -0.3 is 10.7 Å². The standard InChI is InChI=1S/C14H16BrN5/c15-12-13(17-8-18-14(12)20-16)19-11-6-5-9-3-1-2-4-10(9)7-11/h1-4,8,11H,5-7,16H2,(H2,17,18,19,20). The first-order valence-corrected chi connectivity index (χ1v) is 7.37. The number of aromatic nitrogens is 2. The van der Waals surface area contributed by atoms with Crippen molar-refractivity contribution in [2.45, 2.75) is 25.3 Å². The monoisotopic (exact) mass is 333 g/mol. The summed E-state index contributed by atoms with van der Waals surface area (Å²) in [5.74, 6) is 6.78. The van der Waals surface area contributed by atoms with Crippen LogP contribution in [0.2, 0.25) is 0 Å². The van der Waals surface area contributed by atoms with Crippen molar-refractivity contribution in [1.29, 1.82) is 0 Å². The highest BCUT2D eigenvalue weighted by molar-refractivity contribution is 9.10. The van der Waals surface area contributed by atoms with Crippen molar-refractivity contribution in [2.24, 2.45) is 5.84 Å². The third-order valence-electron chi connectivity index (χ3n) is 3.61. The number of aryl methyl sites for hydroxylation is 1. The fourth-order valence-corrected chi connectivity index (χ4v) is 3.02. The molecular weight excluding hydrogens is 318 g/mol. The van der Waals surface area contributed by atoms with Crippen LogP contribution < -0.4 is 16.6 Å². The van der Waals surface area contributed by atoms with E-state index in [0.29, 0.717) is 11.9 Å². The van der Waals surface area contributed by atoms with Crippen molar-refractivity contribution in [3.63, 3.8) is 0 Å². The SMILES string of the molecule is NNc1ncnc(NC2CCc3ccccc3C2)c1Br. The van der Waals surface area contributed by atoms with Crippen LogP contribution >= 0.6 is 15.9 Å². The van der Waals surface area contributed by atoms with Crippen LogP contribution in [0.3, 0.4) is 0 Å². The summed E-state index contributed by atoms with van der Waals surface area (Å²) in [6.07, 6.45) is 4.70. The van der Waals surface area contributed by atoms with Crippen LogP contribution in [-0.2, 0) is 12.8 Å². The Bertz CT molecular complexity index is 616. The van der Waals surface area contributed by atoms with Crippen LogP contribution in [-0.4, -0.2) is 16.0 Å². The van der Waals surface area contributed by atoms with Crippen LogP contribution in [0.5, 0.6) is 0 Å². The van der Waals surface area contributed by atoms with Gasteiger partial charge in [-0.25, -0.2) is 15.8 Å². The zero-order valence-electron chi connectivity index (χ0n) is 10.9. The Morgan fingerprint density at radius 1 is 1.15 bits per heavy atom. The lowest BCUT2D eigenvalue weighted by atomic mass is 9.88. The number of benzene rings is 1. The maximum absolute atomic E-state index is 5.42. The summed E-state index contributed by atoms with van der Waals surface area (Å²) >= 11 is 3.47. The van der Waals surface area contributed by atoms with Gasteiger partial charge in [0.25, 0.3) is 0 Å². The Kier molecular flexibility index (Phi) is 3.84. The van der Waals surface area contributed by atoms with Crippen LogP contribution in [0.15, 0.2) is 35.1 Å². The van der Waals surface area contributed by atoms with Crippen molar-refractivity contribution in [3.8, 4) is 0 Å². The summed E-state index contributed by atoms with van der Waals surface area (Å²) in [5.41, 5.74) is 5.42. The molecule has 1 aromatic heterocycles. The van der Waals surface area contributed by atoms with Crippen molar-refractivity contribution in [2.75, 3.05) is 10.7 Å². The fourth-order valence-electron chi connectivity index (χ4n) is 2.59. The molecule has 0 saturated carbocycles. The maximum atomic E-state index is 5.42. The molecule has 1 aliphatic rings. The van der Waals surface area contributed by atoms with Gasteiger partial charge in [-0.15, -0.1) is 0 Å². The highest BCUT2D eigenvalue weighted by atomic mass is 79.9. The van der Waals surface area contributed by atoms with Crippen LogP contribution in [0, 0.1) is 0 Å². The molecule has 2 aromatic rings. The van der Waals surface area contributed by atoms with Crippen LogP contribution in [0.1, 0.15) is 17.5 Å². The number of rotatable bonds is 3. The van der Waals surface area contributed by atoms with E-state index in [-0.39, 0.29) is 0 Å². The number of fused-ring (bicyclic) bond motifs is 1. The van der Waals surface area contributed by atoms with Gasteiger partial charge in [0.15, 0.2) is 5.82 Å². The first-order valence-electron chi connectivity index (χ1n) is 6.58. The second-order valence-electron chi connectivity index (χ2n) is 4.88. The Labute approximate surface area is 126 Å². The lowest BCUT2D eigenvalue weighted by Crippen LogP contribution is -2.28. The lowest BCUT2D eigenvalue weighted by molar-refractivity contribution is 0.608. The van der Waals surface area contributed by atoms with Gasteiger partial charge in [-0.2, -0.15) is 0 Å². The maximum Gasteiger partial charge on any atom is 0.159 e. The van der Waals surface area contributed by atoms with E-state index in [1.807, 2.05) is 0 Å². The molecule has 20 heavy (non-hydrogen) atoms. The van der Waals surface area contributed by atoms with Gasteiger partial charge in [0.05, 0.1) is 0 Å². The summed E-state index contributed by atoms with van der Waals surface area (Å²) in [6, 6.07) is 8.99.